The lowest BCUT2D eigenvalue weighted by atomic mass is 10.1. The van der Waals surface area contributed by atoms with Gasteiger partial charge in [0.1, 0.15) is 6.04 Å². The van der Waals surface area contributed by atoms with Gasteiger partial charge in [-0.3, -0.25) is 4.79 Å². The Morgan fingerprint density at radius 1 is 1.27 bits per heavy atom. The zero-order valence-corrected chi connectivity index (χ0v) is 14.1. The van der Waals surface area contributed by atoms with Crippen molar-refractivity contribution in [2.24, 2.45) is 5.73 Å². The van der Waals surface area contributed by atoms with E-state index in [0.29, 0.717) is 19.7 Å². The van der Waals surface area contributed by atoms with E-state index in [2.05, 4.69) is 0 Å². The van der Waals surface area contributed by atoms with Crippen LogP contribution in [0.3, 0.4) is 0 Å². The minimum Gasteiger partial charge on any atom is -0.383 e. The number of nitrogens with two attached hydrogens (primary N) is 1. The summed E-state index contributed by atoms with van der Waals surface area (Å²) in [4.78, 5) is 15.5. The predicted molar refractivity (Wildman–Crippen MR) is 92.2 cm³/mol. The second-order valence-electron chi connectivity index (χ2n) is 4.72. The molecule has 1 amide bonds. The van der Waals surface area contributed by atoms with Crippen molar-refractivity contribution in [1.82, 2.24) is 4.90 Å². The SMILES string of the molecule is COCCN(Cc1cccs1)C(=O)[C@H](N)c1ccccc1.Cl. The van der Waals surface area contributed by atoms with E-state index in [4.69, 9.17) is 10.5 Å². The lowest BCUT2D eigenvalue weighted by molar-refractivity contribution is -0.134. The molecule has 0 aliphatic heterocycles. The number of hydrogen-bond donors (Lipinski definition) is 1. The van der Waals surface area contributed by atoms with Crippen molar-refractivity contribution in [1.29, 1.82) is 0 Å². The summed E-state index contributed by atoms with van der Waals surface area (Å²) in [5.41, 5.74) is 6.94. The average Bonchev–Trinajstić information content (AvgIpc) is 3.04. The first-order chi connectivity index (χ1) is 10.2. The topological polar surface area (TPSA) is 55.6 Å². The number of rotatable bonds is 7. The van der Waals surface area contributed by atoms with E-state index in [0.717, 1.165) is 10.4 Å². The molecular weight excluding hydrogens is 320 g/mol. The van der Waals surface area contributed by atoms with Gasteiger partial charge in [-0.15, -0.1) is 23.7 Å². The maximum Gasteiger partial charge on any atom is 0.244 e. The van der Waals surface area contributed by atoms with E-state index in [-0.39, 0.29) is 18.3 Å². The van der Waals surface area contributed by atoms with Gasteiger partial charge in [0.15, 0.2) is 0 Å². The van der Waals surface area contributed by atoms with Crippen molar-refractivity contribution in [3.63, 3.8) is 0 Å². The summed E-state index contributed by atoms with van der Waals surface area (Å²) in [5.74, 6) is -0.0772. The molecule has 1 atom stereocenters. The molecule has 0 bridgehead atoms. The average molecular weight is 341 g/mol. The molecule has 0 aliphatic rings. The fraction of sp³-hybridized carbons (Fsp3) is 0.312. The van der Waals surface area contributed by atoms with Crippen LogP contribution in [0.25, 0.3) is 0 Å². The van der Waals surface area contributed by atoms with E-state index in [1.54, 1.807) is 23.3 Å². The molecule has 2 N–H and O–H groups in total. The van der Waals surface area contributed by atoms with Crippen molar-refractivity contribution in [2.75, 3.05) is 20.3 Å². The van der Waals surface area contributed by atoms with Crippen LogP contribution >= 0.6 is 23.7 Å². The number of halogens is 1. The van der Waals surface area contributed by atoms with Gasteiger partial charge in [0, 0.05) is 18.5 Å². The highest BCUT2D eigenvalue weighted by Gasteiger charge is 2.22. The van der Waals surface area contributed by atoms with Gasteiger partial charge in [0.2, 0.25) is 5.91 Å². The number of methoxy groups -OCH3 is 1. The lowest BCUT2D eigenvalue weighted by Crippen LogP contribution is -2.39. The Labute approximate surface area is 141 Å². The van der Waals surface area contributed by atoms with E-state index >= 15 is 0 Å². The molecule has 0 aliphatic carbocycles. The molecular formula is C16H21ClN2O2S. The molecule has 4 nitrogen and oxygen atoms in total. The van der Waals surface area contributed by atoms with Gasteiger partial charge in [-0.1, -0.05) is 36.4 Å². The Kier molecular flexibility index (Phi) is 8.12. The third-order valence-electron chi connectivity index (χ3n) is 3.23. The Hall–Kier alpha value is -1.40. The second kappa shape index (κ2) is 9.58. The van der Waals surface area contributed by atoms with E-state index in [9.17, 15) is 4.79 Å². The van der Waals surface area contributed by atoms with Gasteiger partial charge in [-0.25, -0.2) is 0 Å². The predicted octanol–water partition coefficient (Wildman–Crippen LogP) is 2.84. The Morgan fingerprint density at radius 2 is 2.00 bits per heavy atom. The van der Waals surface area contributed by atoms with Gasteiger partial charge in [-0.2, -0.15) is 0 Å². The molecule has 2 aromatic rings. The fourth-order valence-corrected chi connectivity index (χ4v) is 2.78. The third kappa shape index (κ3) is 5.10. The second-order valence-corrected chi connectivity index (χ2v) is 5.75. The van der Waals surface area contributed by atoms with Crippen LogP contribution in [0.1, 0.15) is 16.5 Å². The molecule has 0 saturated heterocycles. The number of ether oxygens (including phenoxy) is 1. The molecule has 0 fully saturated rings. The number of benzene rings is 1. The highest BCUT2D eigenvalue weighted by atomic mass is 35.5. The number of carbonyl (C=O) groups excluding carboxylic acids is 1. The standard InChI is InChI=1S/C16H20N2O2S.ClH/c1-20-10-9-18(12-14-8-5-11-21-14)16(19)15(17)13-6-3-2-4-7-13;/h2-8,11,15H,9-10,12,17H2,1H3;1H/t15-;/m1./s1. The zero-order valence-electron chi connectivity index (χ0n) is 12.5. The van der Waals surface area contributed by atoms with Gasteiger partial charge in [-0.05, 0) is 17.0 Å². The highest BCUT2D eigenvalue weighted by molar-refractivity contribution is 7.09. The minimum atomic E-state index is -0.636. The number of thiophene rings is 1. The maximum atomic E-state index is 12.6. The third-order valence-corrected chi connectivity index (χ3v) is 4.09. The summed E-state index contributed by atoms with van der Waals surface area (Å²) in [7, 11) is 1.63. The van der Waals surface area contributed by atoms with E-state index < -0.39 is 6.04 Å². The zero-order chi connectivity index (χ0) is 15.1. The van der Waals surface area contributed by atoms with Crippen LogP contribution in [0.5, 0.6) is 0 Å². The molecule has 0 saturated carbocycles. The molecule has 6 heteroatoms. The lowest BCUT2D eigenvalue weighted by Gasteiger charge is -2.25. The fourth-order valence-electron chi connectivity index (χ4n) is 2.06. The summed E-state index contributed by atoms with van der Waals surface area (Å²) in [6, 6.07) is 12.8. The number of carbonyl (C=O) groups is 1. The van der Waals surface area contributed by atoms with Crippen LogP contribution < -0.4 is 5.73 Å². The van der Waals surface area contributed by atoms with Crippen molar-refractivity contribution < 1.29 is 9.53 Å². The monoisotopic (exact) mass is 340 g/mol. The normalized spacial score (nSPS) is 11.5. The molecule has 0 unspecified atom stereocenters. The van der Waals surface area contributed by atoms with Gasteiger partial charge >= 0.3 is 0 Å². The van der Waals surface area contributed by atoms with Crippen LogP contribution in [0.4, 0.5) is 0 Å². The Bertz CT molecular complexity index is 549. The van der Waals surface area contributed by atoms with Gasteiger partial charge in [0.25, 0.3) is 0 Å². The number of hydrogen-bond acceptors (Lipinski definition) is 4. The van der Waals surface area contributed by atoms with Crippen molar-refractivity contribution >= 4 is 29.7 Å². The summed E-state index contributed by atoms with van der Waals surface area (Å²) < 4.78 is 5.10. The molecule has 0 spiro atoms. The molecule has 1 heterocycles. The number of amides is 1. The van der Waals surface area contributed by atoms with Crippen LogP contribution in [0.15, 0.2) is 47.8 Å². The molecule has 0 radical (unpaired) electrons. The first-order valence-electron chi connectivity index (χ1n) is 6.83. The molecule has 2 rings (SSSR count). The Morgan fingerprint density at radius 3 is 2.59 bits per heavy atom. The Balaban J connectivity index is 0.00000242. The molecule has 1 aromatic carbocycles. The summed E-state index contributed by atoms with van der Waals surface area (Å²) in [6.45, 7) is 1.60. The van der Waals surface area contributed by atoms with E-state index in [1.807, 2.05) is 47.8 Å². The van der Waals surface area contributed by atoms with Crippen LogP contribution in [-0.2, 0) is 16.1 Å². The molecule has 22 heavy (non-hydrogen) atoms. The first kappa shape index (κ1) is 18.6. The smallest absolute Gasteiger partial charge is 0.244 e. The van der Waals surface area contributed by atoms with Crippen LogP contribution in [-0.4, -0.2) is 31.1 Å². The van der Waals surface area contributed by atoms with Crippen LogP contribution in [0.2, 0.25) is 0 Å². The number of nitrogens with zero attached hydrogens (tertiary/aromatic N) is 1. The largest absolute Gasteiger partial charge is 0.383 e. The van der Waals surface area contributed by atoms with Gasteiger partial charge in [0.05, 0.1) is 13.2 Å². The van der Waals surface area contributed by atoms with Crippen molar-refractivity contribution in [2.45, 2.75) is 12.6 Å². The minimum absolute atomic E-state index is 0. The first-order valence-corrected chi connectivity index (χ1v) is 7.71. The summed E-state index contributed by atoms with van der Waals surface area (Å²) >= 11 is 1.63. The van der Waals surface area contributed by atoms with Crippen molar-refractivity contribution in [3.8, 4) is 0 Å². The summed E-state index contributed by atoms with van der Waals surface area (Å²) in [6.07, 6.45) is 0. The molecule has 1 aromatic heterocycles. The highest BCUT2D eigenvalue weighted by Crippen LogP contribution is 2.17. The molecule has 120 valence electrons. The summed E-state index contributed by atoms with van der Waals surface area (Å²) in [5, 5.41) is 2.01. The van der Waals surface area contributed by atoms with Gasteiger partial charge < -0.3 is 15.4 Å². The van der Waals surface area contributed by atoms with Crippen molar-refractivity contribution in [3.05, 3.63) is 58.3 Å². The maximum absolute atomic E-state index is 12.6. The quantitative estimate of drug-likeness (QED) is 0.843. The van der Waals surface area contributed by atoms with Crippen LogP contribution in [0, 0.1) is 0 Å². The van der Waals surface area contributed by atoms with E-state index in [1.165, 1.54) is 0 Å².